The van der Waals surface area contributed by atoms with Gasteiger partial charge in [0.1, 0.15) is 5.82 Å². The molecule has 1 saturated heterocycles. The highest BCUT2D eigenvalue weighted by molar-refractivity contribution is 5.92. The number of fused-ring (bicyclic) bond motifs is 1. The van der Waals surface area contributed by atoms with Gasteiger partial charge in [-0.3, -0.25) is 4.79 Å². The Labute approximate surface area is 218 Å². The van der Waals surface area contributed by atoms with E-state index in [4.69, 9.17) is 20.2 Å². The maximum atomic E-state index is 13.7. The highest BCUT2D eigenvalue weighted by Crippen LogP contribution is 2.39. The zero-order valence-electron chi connectivity index (χ0n) is 20.9. The first kappa shape index (κ1) is 25.8. The van der Waals surface area contributed by atoms with Gasteiger partial charge in [-0.25, -0.2) is 4.98 Å². The van der Waals surface area contributed by atoms with E-state index < -0.39 is 0 Å². The van der Waals surface area contributed by atoms with Gasteiger partial charge >= 0.3 is 0 Å². The minimum absolute atomic E-state index is 0. The molecular weight excluding hydrogens is 478 g/mol. The highest BCUT2D eigenvalue weighted by atomic mass is 35.5. The summed E-state index contributed by atoms with van der Waals surface area (Å²) < 4.78 is 10.8. The molecule has 3 aromatic rings. The molecule has 1 aromatic heterocycles. The molecule has 0 radical (unpaired) electrons. The third-order valence-corrected chi connectivity index (χ3v) is 7.39. The number of benzene rings is 2. The molecule has 0 spiro atoms. The molecule has 1 aliphatic heterocycles. The molecule has 9 heteroatoms. The Kier molecular flexibility index (Phi) is 8.04. The molecule has 1 aliphatic carbocycles. The van der Waals surface area contributed by atoms with E-state index in [-0.39, 0.29) is 24.2 Å². The normalized spacial score (nSPS) is 17.1. The molecule has 1 amide bonds. The molecule has 0 bridgehead atoms. The first-order chi connectivity index (χ1) is 17.1. The molecule has 2 aliphatic rings. The number of aromatic nitrogens is 2. The first-order valence-corrected chi connectivity index (χ1v) is 12.4. The van der Waals surface area contributed by atoms with Crippen molar-refractivity contribution in [2.45, 2.75) is 31.6 Å². The van der Waals surface area contributed by atoms with Crippen molar-refractivity contribution in [1.29, 1.82) is 0 Å². The predicted molar refractivity (Wildman–Crippen MR) is 144 cm³/mol. The quantitative estimate of drug-likeness (QED) is 0.528. The molecule has 2 heterocycles. The lowest BCUT2D eigenvalue weighted by atomic mass is 9.83. The average Bonchev–Trinajstić information content (AvgIpc) is 3.43. The van der Waals surface area contributed by atoms with Crippen molar-refractivity contribution in [3.63, 3.8) is 0 Å². The van der Waals surface area contributed by atoms with Crippen molar-refractivity contribution in [3.05, 3.63) is 48.0 Å². The lowest BCUT2D eigenvalue weighted by Crippen LogP contribution is -2.51. The number of nitrogen functional groups attached to an aromatic ring is 1. The van der Waals surface area contributed by atoms with Crippen LogP contribution in [0, 0.1) is 5.92 Å². The lowest BCUT2D eigenvalue weighted by molar-refractivity contribution is -0.134. The molecular formula is C27H34ClN5O3. The summed E-state index contributed by atoms with van der Waals surface area (Å²) in [6.07, 6.45) is 4.69. The smallest absolute Gasteiger partial charge is 0.230 e. The summed E-state index contributed by atoms with van der Waals surface area (Å²) in [6.45, 7) is 2.61. The number of methoxy groups -OCH3 is 2. The van der Waals surface area contributed by atoms with E-state index in [1.807, 2.05) is 29.2 Å². The summed E-state index contributed by atoms with van der Waals surface area (Å²) in [6, 6.07) is 13.9. The molecule has 1 saturated carbocycles. The largest absolute Gasteiger partial charge is 0.493 e. The Hall–Kier alpha value is -3.26. The van der Waals surface area contributed by atoms with E-state index in [0.717, 1.165) is 23.8 Å². The van der Waals surface area contributed by atoms with Gasteiger partial charge in [-0.1, -0.05) is 43.2 Å². The van der Waals surface area contributed by atoms with Crippen molar-refractivity contribution in [2.24, 2.45) is 5.92 Å². The van der Waals surface area contributed by atoms with Crippen LogP contribution in [0.3, 0.4) is 0 Å². The van der Waals surface area contributed by atoms with Crippen molar-refractivity contribution < 1.29 is 14.3 Å². The summed E-state index contributed by atoms with van der Waals surface area (Å²) in [5.41, 5.74) is 8.13. The molecule has 2 aromatic carbocycles. The van der Waals surface area contributed by atoms with E-state index in [0.29, 0.717) is 60.9 Å². The number of nitrogens with zero attached hydrogens (tertiary/aromatic N) is 4. The number of rotatable bonds is 6. The third kappa shape index (κ3) is 5.00. The average molecular weight is 512 g/mol. The Balaban J connectivity index is 0.00000304. The van der Waals surface area contributed by atoms with Gasteiger partial charge in [-0.2, -0.15) is 4.98 Å². The van der Waals surface area contributed by atoms with Crippen LogP contribution in [0.4, 0.5) is 11.8 Å². The van der Waals surface area contributed by atoms with E-state index in [9.17, 15) is 4.79 Å². The summed E-state index contributed by atoms with van der Waals surface area (Å²) >= 11 is 0. The summed E-state index contributed by atoms with van der Waals surface area (Å²) in [5.74, 6) is 2.78. The van der Waals surface area contributed by atoms with Crippen LogP contribution < -0.4 is 20.1 Å². The summed E-state index contributed by atoms with van der Waals surface area (Å²) in [4.78, 5) is 27.2. The van der Waals surface area contributed by atoms with Gasteiger partial charge in [0.05, 0.1) is 25.7 Å². The van der Waals surface area contributed by atoms with E-state index in [1.54, 1.807) is 20.3 Å². The minimum Gasteiger partial charge on any atom is -0.493 e. The zero-order chi connectivity index (χ0) is 24.4. The minimum atomic E-state index is -0.0553. The Morgan fingerprint density at radius 1 is 0.972 bits per heavy atom. The van der Waals surface area contributed by atoms with Gasteiger partial charge in [0.2, 0.25) is 11.9 Å². The number of halogens is 1. The van der Waals surface area contributed by atoms with Crippen LogP contribution in [0.25, 0.3) is 10.9 Å². The standard InChI is InChI=1S/C27H33N5O3.ClH/c1-34-22-16-20-21(17-23(22)35-2)29-27(30-25(20)28)32-14-12-31(13-15-32)26(33)24(19-10-6-7-11-19)18-8-4-3-5-9-18;/h3-5,8-9,16-17,19,24H,6-7,10-15H2,1-2H3,(H2,28,29,30);1H. The molecule has 5 rings (SSSR count). The summed E-state index contributed by atoms with van der Waals surface area (Å²) in [5, 5.41) is 0.725. The maximum absolute atomic E-state index is 13.7. The van der Waals surface area contributed by atoms with Gasteiger partial charge in [0.15, 0.2) is 11.5 Å². The second-order valence-corrected chi connectivity index (χ2v) is 9.38. The number of amides is 1. The van der Waals surface area contributed by atoms with Crippen molar-refractivity contribution in [1.82, 2.24) is 14.9 Å². The second kappa shape index (κ2) is 11.2. The van der Waals surface area contributed by atoms with E-state index in [2.05, 4.69) is 22.0 Å². The van der Waals surface area contributed by atoms with Crippen molar-refractivity contribution >= 4 is 41.0 Å². The second-order valence-electron chi connectivity index (χ2n) is 9.38. The first-order valence-electron chi connectivity index (χ1n) is 12.4. The molecule has 2 fully saturated rings. The van der Waals surface area contributed by atoms with Crippen LogP contribution in [0.5, 0.6) is 11.5 Å². The van der Waals surface area contributed by atoms with E-state index in [1.165, 1.54) is 12.8 Å². The number of carbonyl (C=O) groups is 1. The number of hydrogen-bond donors (Lipinski definition) is 1. The summed E-state index contributed by atoms with van der Waals surface area (Å²) in [7, 11) is 3.19. The monoisotopic (exact) mass is 511 g/mol. The number of ether oxygens (including phenoxy) is 2. The molecule has 1 atom stereocenters. The predicted octanol–water partition coefficient (Wildman–Crippen LogP) is 4.27. The van der Waals surface area contributed by atoms with Gasteiger partial charge in [0.25, 0.3) is 0 Å². The maximum Gasteiger partial charge on any atom is 0.230 e. The van der Waals surface area contributed by atoms with Gasteiger partial charge < -0.3 is 25.0 Å². The van der Waals surface area contributed by atoms with Crippen LogP contribution in [-0.4, -0.2) is 61.2 Å². The van der Waals surface area contributed by atoms with Crippen LogP contribution in [0.1, 0.15) is 37.2 Å². The SMILES string of the molecule is COc1cc2nc(N3CCN(C(=O)C(c4ccccc4)C4CCCC4)CC3)nc(N)c2cc1OC.Cl. The third-order valence-electron chi connectivity index (χ3n) is 7.39. The Bertz CT molecular complexity index is 1190. The number of carbonyl (C=O) groups excluding carboxylic acids is 1. The van der Waals surface area contributed by atoms with Gasteiger partial charge in [0, 0.05) is 37.6 Å². The number of nitrogens with two attached hydrogens (primary N) is 1. The fourth-order valence-corrected chi connectivity index (χ4v) is 5.50. The highest BCUT2D eigenvalue weighted by Gasteiger charge is 2.36. The van der Waals surface area contributed by atoms with Gasteiger partial charge in [-0.15, -0.1) is 12.4 Å². The Morgan fingerprint density at radius 2 is 1.61 bits per heavy atom. The number of hydrogen-bond acceptors (Lipinski definition) is 7. The molecule has 1 unspecified atom stereocenters. The van der Waals surface area contributed by atoms with Crippen LogP contribution >= 0.6 is 12.4 Å². The topological polar surface area (TPSA) is 93.8 Å². The molecule has 2 N–H and O–H groups in total. The van der Waals surface area contributed by atoms with E-state index >= 15 is 0 Å². The van der Waals surface area contributed by atoms with Crippen LogP contribution in [0.15, 0.2) is 42.5 Å². The molecule has 192 valence electrons. The van der Waals surface area contributed by atoms with Crippen molar-refractivity contribution in [2.75, 3.05) is 51.0 Å². The zero-order valence-corrected chi connectivity index (χ0v) is 21.7. The number of piperazine rings is 1. The molecule has 8 nitrogen and oxygen atoms in total. The van der Waals surface area contributed by atoms with Gasteiger partial charge in [-0.05, 0) is 30.4 Å². The fraction of sp³-hybridized carbons (Fsp3) is 0.444. The fourth-order valence-electron chi connectivity index (χ4n) is 5.50. The van der Waals surface area contributed by atoms with Crippen LogP contribution in [0.2, 0.25) is 0 Å². The molecule has 36 heavy (non-hydrogen) atoms. The Morgan fingerprint density at radius 3 is 2.25 bits per heavy atom. The number of anilines is 2. The van der Waals surface area contributed by atoms with Crippen molar-refractivity contribution in [3.8, 4) is 11.5 Å². The lowest BCUT2D eigenvalue weighted by Gasteiger charge is -2.37. The van der Waals surface area contributed by atoms with Crippen LogP contribution in [-0.2, 0) is 4.79 Å².